The molecule has 1 saturated heterocycles. The Labute approximate surface area is 90.7 Å². The van der Waals surface area contributed by atoms with E-state index in [1.54, 1.807) is 12.1 Å². The van der Waals surface area contributed by atoms with Crippen molar-refractivity contribution in [2.45, 2.75) is 38.1 Å². The number of halogens is 1. The Hall–Kier alpha value is -0.890. The second-order valence-corrected chi connectivity index (χ2v) is 4.37. The van der Waals surface area contributed by atoms with E-state index in [0.717, 1.165) is 19.4 Å². The molecule has 1 aliphatic rings. The van der Waals surface area contributed by atoms with Crippen molar-refractivity contribution in [2.24, 2.45) is 0 Å². The van der Waals surface area contributed by atoms with Crippen molar-refractivity contribution in [1.82, 2.24) is 5.32 Å². The number of benzene rings is 1. The number of hydrogen-bond donors (Lipinski definition) is 1. The van der Waals surface area contributed by atoms with Gasteiger partial charge < -0.3 is 5.32 Å². The first-order valence-corrected chi connectivity index (χ1v) is 5.78. The molecule has 82 valence electrons. The van der Waals surface area contributed by atoms with Gasteiger partial charge in [0.2, 0.25) is 0 Å². The molecule has 2 rings (SSSR count). The topological polar surface area (TPSA) is 12.0 Å². The molecule has 1 aromatic rings. The van der Waals surface area contributed by atoms with Crippen LogP contribution in [0.2, 0.25) is 0 Å². The molecule has 1 nitrogen and oxygen atoms in total. The van der Waals surface area contributed by atoms with E-state index >= 15 is 0 Å². The summed E-state index contributed by atoms with van der Waals surface area (Å²) in [6.07, 6.45) is 4.69. The minimum absolute atomic E-state index is 0.114. The van der Waals surface area contributed by atoms with E-state index in [1.165, 1.54) is 18.4 Å². The van der Waals surface area contributed by atoms with Crippen molar-refractivity contribution in [3.8, 4) is 0 Å². The maximum absolute atomic E-state index is 12.9. The summed E-state index contributed by atoms with van der Waals surface area (Å²) in [5, 5.41) is 3.58. The maximum atomic E-state index is 12.9. The van der Waals surface area contributed by atoms with Gasteiger partial charge in [0.05, 0.1) is 0 Å². The molecule has 0 radical (unpaired) electrons. The van der Waals surface area contributed by atoms with E-state index in [0.29, 0.717) is 0 Å². The van der Waals surface area contributed by atoms with Gasteiger partial charge in [-0.25, -0.2) is 4.39 Å². The summed E-state index contributed by atoms with van der Waals surface area (Å²) in [4.78, 5) is 0. The first-order chi connectivity index (χ1) is 7.27. The normalized spacial score (nSPS) is 25.7. The molecule has 15 heavy (non-hydrogen) atoms. The van der Waals surface area contributed by atoms with Gasteiger partial charge in [-0.15, -0.1) is 0 Å². The van der Waals surface area contributed by atoms with E-state index in [9.17, 15) is 4.39 Å². The summed E-state index contributed by atoms with van der Waals surface area (Å²) in [5.74, 6) is -0.150. The van der Waals surface area contributed by atoms with Crippen molar-refractivity contribution < 1.29 is 4.39 Å². The van der Waals surface area contributed by atoms with Crippen LogP contribution in [0.4, 0.5) is 4.39 Å². The highest BCUT2D eigenvalue weighted by Gasteiger charge is 2.33. The third kappa shape index (κ3) is 2.05. The van der Waals surface area contributed by atoms with Crippen molar-refractivity contribution in [2.75, 3.05) is 6.54 Å². The molecule has 1 unspecified atom stereocenters. The van der Waals surface area contributed by atoms with Crippen LogP contribution in [0.5, 0.6) is 0 Å². The van der Waals surface area contributed by atoms with Gasteiger partial charge in [-0.3, -0.25) is 0 Å². The lowest BCUT2D eigenvalue weighted by Gasteiger charge is -2.30. The van der Waals surface area contributed by atoms with Crippen LogP contribution in [0, 0.1) is 5.82 Å². The zero-order valence-electron chi connectivity index (χ0n) is 9.22. The Balaban J connectivity index is 2.28. The van der Waals surface area contributed by atoms with Gasteiger partial charge >= 0.3 is 0 Å². The SMILES string of the molecule is CCCC1(c2ccc(F)cc2)CCCN1. The first kappa shape index (κ1) is 10.6. The van der Waals surface area contributed by atoms with Crippen molar-refractivity contribution >= 4 is 0 Å². The minimum atomic E-state index is -0.150. The third-order valence-electron chi connectivity index (χ3n) is 3.32. The standard InChI is InChI=1S/C13H18FN/c1-2-8-13(9-3-10-15-13)11-4-6-12(14)7-5-11/h4-7,15H,2-3,8-10H2,1H3. The molecule has 2 heteroatoms. The molecule has 0 amide bonds. The second kappa shape index (κ2) is 4.31. The molecule has 0 saturated carbocycles. The van der Waals surface area contributed by atoms with E-state index in [-0.39, 0.29) is 11.4 Å². The average molecular weight is 207 g/mol. The van der Waals surface area contributed by atoms with Crippen LogP contribution >= 0.6 is 0 Å². The predicted molar refractivity (Wildman–Crippen MR) is 60.2 cm³/mol. The third-order valence-corrected chi connectivity index (χ3v) is 3.32. The smallest absolute Gasteiger partial charge is 0.123 e. The van der Waals surface area contributed by atoms with Gasteiger partial charge in [0.15, 0.2) is 0 Å². The van der Waals surface area contributed by atoms with E-state index < -0.39 is 0 Å². The van der Waals surface area contributed by atoms with Gasteiger partial charge in [-0.1, -0.05) is 25.5 Å². The highest BCUT2D eigenvalue weighted by molar-refractivity contribution is 5.26. The van der Waals surface area contributed by atoms with Crippen LogP contribution in [0.25, 0.3) is 0 Å². The first-order valence-electron chi connectivity index (χ1n) is 5.78. The fourth-order valence-electron chi connectivity index (χ4n) is 2.61. The van der Waals surface area contributed by atoms with Gasteiger partial charge in [-0.2, -0.15) is 0 Å². The summed E-state index contributed by atoms with van der Waals surface area (Å²) >= 11 is 0. The van der Waals surface area contributed by atoms with E-state index in [4.69, 9.17) is 0 Å². The van der Waals surface area contributed by atoms with Crippen molar-refractivity contribution in [3.63, 3.8) is 0 Å². The van der Waals surface area contributed by atoms with Crippen LogP contribution < -0.4 is 5.32 Å². The lowest BCUT2D eigenvalue weighted by atomic mass is 9.84. The molecule has 1 aliphatic heterocycles. The van der Waals surface area contributed by atoms with E-state index in [1.807, 2.05) is 12.1 Å². The second-order valence-electron chi connectivity index (χ2n) is 4.37. The minimum Gasteiger partial charge on any atom is -0.307 e. The average Bonchev–Trinajstić information content (AvgIpc) is 2.69. The van der Waals surface area contributed by atoms with Crippen molar-refractivity contribution in [3.05, 3.63) is 35.6 Å². The van der Waals surface area contributed by atoms with Crippen molar-refractivity contribution in [1.29, 1.82) is 0 Å². The van der Waals surface area contributed by atoms with Crippen LogP contribution in [-0.4, -0.2) is 6.54 Å². The summed E-state index contributed by atoms with van der Waals surface area (Å²) in [6, 6.07) is 6.96. The van der Waals surface area contributed by atoms with Gasteiger partial charge in [0.25, 0.3) is 0 Å². The Morgan fingerprint density at radius 2 is 2.07 bits per heavy atom. The Morgan fingerprint density at radius 3 is 2.60 bits per heavy atom. The highest BCUT2D eigenvalue weighted by atomic mass is 19.1. The fraction of sp³-hybridized carbons (Fsp3) is 0.538. The summed E-state index contributed by atoms with van der Waals surface area (Å²) in [6.45, 7) is 3.28. The molecular formula is C13H18FN. The molecular weight excluding hydrogens is 189 g/mol. The number of rotatable bonds is 3. The van der Waals surface area contributed by atoms with Gasteiger partial charge in [-0.05, 0) is 43.5 Å². The number of nitrogens with one attached hydrogen (secondary N) is 1. The highest BCUT2D eigenvalue weighted by Crippen LogP contribution is 2.35. The van der Waals surface area contributed by atoms with E-state index in [2.05, 4.69) is 12.2 Å². The fourth-order valence-corrected chi connectivity index (χ4v) is 2.61. The van der Waals surface area contributed by atoms with Crippen LogP contribution in [0.1, 0.15) is 38.2 Å². The molecule has 1 atom stereocenters. The largest absolute Gasteiger partial charge is 0.307 e. The van der Waals surface area contributed by atoms with Crippen LogP contribution in [-0.2, 0) is 5.54 Å². The summed E-state index contributed by atoms with van der Waals surface area (Å²) in [7, 11) is 0. The Kier molecular flexibility index (Phi) is 3.06. The Morgan fingerprint density at radius 1 is 1.33 bits per heavy atom. The molecule has 1 fully saturated rings. The summed E-state index contributed by atoms with van der Waals surface area (Å²) < 4.78 is 12.9. The zero-order valence-corrected chi connectivity index (χ0v) is 9.22. The quantitative estimate of drug-likeness (QED) is 0.802. The maximum Gasteiger partial charge on any atom is 0.123 e. The monoisotopic (exact) mass is 207 g/mol. The lowest BCUT2D eigenvalue weighted by Crippen LogP contribution is -2.36. The van der Waals surface area contributed by atoms with Crippen LogP contribution in [0.3, 0.4) is 0 Å². The van der Waals surface area contributed by atoms with Crippen LogP contribution in [0.15, 0.2) is 24.3 Å². The van der Waals surface area contributed by atoms with Gasteiger partial charge in [0.1, 0.15) is 5.82 Å². The molecule has 0 aromatic heterocycles. The molecule has 1 heterocycles. The molecule has 1 aromatic carbocycles. The zero-order chi connectivity index (χ0) is 10.7. The van der Waals surface area contributed by atoms with Gasteiger partial charge in [0, 0.05) is 5.54 Å². The summed E-state index contributed by atoms with van der Waals surface area (Å²) in [5.41, 5.74) is 1.35. The Bertz CT molecular complexity index is 312. The molecule has 0 spiro atoms. The molecule has 0 bridgehead atoms. The lowest BCUT2D eigenvalue weighted by molar-refractivity contribution is 0.355. The molecule has 0 aliphatic carbocycles. The predicted octanol–water partition coefficient (Wildman–Crippen LogP) is 3.20. The molecule has 1 N–H and O–H groups in total. The number of hydrogen-bond acceptors (Lipinski definition) is 1.